The summed E-state index contributed by atoms with van der Waals surface area (Å²) in [4.78, 5) is 4.54. The summed E-state index contributed by atoms with van der Waals surface area (Å²) in [5.74, 6) is 1.48. The van der Waals surface area contributed by atoms with Crippen LogP contribution in [0.4, 0.5) is 0 Å². The van der Waals surface area contributed by atoms with Gasteiger partial charge in [0, 0.05) is 62.4 Å². The zero-order chi connectivity index (χ0) is 21.2. The third-order valence-electron chi connectivity index (χ3n) is 7.48. The molecule has 0 radical (unpaired) electrons. The summed E-state index contributed by atoms with van der Waals surface area (Å²) in [6.07, 6.45) is 3.49. The molecular weight excluding hydrogens is 503 g/mol. The predicted octanol–water partition coefficient (Wildman–Crippen LogP) is 3.48. The number of guanidine groups is 1. The highest BCUT2D eigenvalue weighted by Crippen LogP contribution is 2.52. The van der Waals surface area contributed by atoms with Crippen molar-refractivity contribution in [1.82, 2.24) is 16.0 Å². The number of nitrogens with zero attached hydrogens (tertiary/aromatic N) is 1. The van der Waals surface area contributed by atoms with Gasteiger partial charge >= 0.3 is 0 Å². The molecule has 2 aliphatic heterocycles. The molecule has 1 saturated carbocycles. The number of nitrogens with one attached hydrogen (secondary N) is 3. The first-order chi connectivity index (χ1) is 14.5. The van der Waals surface area contributed by atoms with Crippen LogP contribution < -0.4 is 16.0 Å². The van der Waals surface area contributed by atoms with Gasteiger partial charge in [0.15, 0.2) is 5.96 Å². The van der Waals surface area contributed by atoms with E-state index in [9.17, 15) is 0 Å². The van der Waals surface area contributed by atoms with E-state index in [0.717, 1.165) is 51.6 Å². The summed E-state index contributed by atoms with van der Waals surface area (Å²) >= 11 is 0. The molecule has 0 spiro atoms. The van der Waals surface area contributed by atoms with E-state index in [-0.39, 0.29) is 41.0 Å². The van der Waals surface area contributed by atoms with Crippen molar-refractivity contribution in [3.63, 3.8) is 0 Å². The second-order valence-electron chi connectivity index (χ2n) is 9.78. The maximum absolute atomic E-state index is 5.95. The van der Waals surface area contributed by atoms with E-state index >= 15 is 0 Å². The standard InChI is InChI=1S/C24H38N4O2.HI/c1-17(18-8-6-5-7-9-18)28-24(11-14-29-15-12-24)16-26-22(25-4)27-20-19-10-13-30-21(19)23(20,2)3;/h5-9,17,19-21,28H,10-16H2,1-4H3,(H2,25,26,27);1H. The van der Waals surface area contributed by atoms with E-state index in [1.807, 2.05) is 7.05 Å². The summed E-state index contributed by atoms with van der Waals surface area (Å²) in [6.45, 7) is 10.1. The summed E-state index contributed by atoms with van der Waals surface area (Å²) in [5, 5.41) is 11.3. The molecule has 4 rings (SSSR count). The number of ether oxygens (including phenoxy) is 2. The smallest absolute Gasteiger partial charge is 0.191 e. The summed E-state index contributed by atoms with van der Waals surface area (Å²) in [6, 6.07) is 11.3. The lowest BCUT2D eigenvalue weighted by atomic mass is 9.57. The van der Waals surface area contributed by atoms with Gasteiger partial charge in [0.05, 0.1) is 6.10 Å². The molecule has 6 nitrogen and oxygen atoms in total. The number of fused-ring (bicyclic) bond motifs is 1. The molecule has 0 aromatic heterocycles. The molecule has 2 saturated heterocycles. The van der Waals surface area contributed by atoms with Gasteiger partial charge < -0.3 is 25.4 Å². The van der Waals surface area contributed by atoms with Gasteiger partial charge in [-0.05, 0) is 31.7 Å². The van der Waals surface area contributed by atoms with Crippen LogP contribution in [0.3, 0.4) is 0 Å². The molecule has 1 aromatic rings. The second-order valence-corrected chi connectivity index (χ2v) is 9.78. The minimum atomic E-state index is -0.0146. The lowest BCUT2D eigenvalue weighted by Crippen LogP contribution is -2.68. The van der Waals surface area contributed by atoms with E-state index in [2.05, 4.69) is 72.0 Å². The fraction of sp³-hybridized carbons (Fsp3) is 0.708. The number of aliphatic imine (C=N–C) groups is 1. The highest BCUT2D eigenvalue weighted by Gasteiger charge is 2.59. The van der Waals surface area contributed by atoms with E-state index in [0.29, 0.717) is 18.1 Å². The predicted molar refractivity (Wildman–Crippen MR) is 136 cm³/mol. The van der Waals surface area contributed by atoms with Crippen LogP contribution in [-0.2, 0) is 9.47 Å². The fourth-order valence-electron chi connectivity index (χ4n) is 5.63. The molecule has 0 amide bonds. The van der Waals surface area contributed by atoms with Crippen LogP contribution in [0.1, 0.15) is 51.6 Å². The molecular formula is C24H39IN4O2. The minimum absolute atomic E-state index is 0. The Morgan fingerprint density at radius 1 is 1.16 bits per heavy atom. The molecule has 4 unspecified atom stereocenters. The zero-order valence-electron chi connectivity index (χ0n) is 19.3. The number of rotatable bonds is 6. The number of hydrogen-bond donors (Lipinski definition) is 3. The summed E-state index contributed by atoms with van der Waals surface area (Å²) < 4.78 is 11.6. The number of hydrogen-bond acceptors (Lipinski definition) is 4. The molecule has 174 valence electrons. The van der Waals surface area contributed by atoms with E-state index in [4.69, 9.17) is 9.47 Å². The fourth-order valence-corrected chi connectivity index (χ4v) is 5.63. The molecule has 3 aliphatic rings. The lowest BCUT2D eigenvalue weighted by Gasteiger charge is -2.55. The summed E-state index contributed by atoms with van der Waals surface area (Å²) in [7, 11) is 1.86. The van der Waals surface area contributed by atoms with E-state index < -0.39 is 0 Å². The van der Waals surface area contributed by atoms with Crippen molar-refractivity contribution in [1.29, 1.82) is 0 Å². The number of benzene rings is 1. The van der Waals surface area contributed by atoms with Crippen molar-refractivity contribution in [2.45, 2.75) is 63.8 Å². The monoisotopic (exact) mass is 542 g/mol. The Labute approximate surface area is 204 Å². The number of halogens is 1. The molecule has 0 bridgehead atoms. The molecule has 1 aliphatic carbocycles. The molecule has 31 heavy (non-hydrogen) atoms. The van der Waals surface area contributed by atoms with E-state index in [1.165, 1.54) is 5.56 Å². The van der Waals surface area contributed by atoms with Gasteiger partial charge in [0.1, 0.15) is 0 Å². The first-order valence-corrected chi connectivity index (χ1v) is 11.4. The Morgan fingerprint density at radius 3 is 2.55 bits per heavy atom. The normalized spacial score (nSPS) is 29.8. The van der Waals surface area contributed by atoms with Crippen LogP contribution >= 0.6 is 24.0 Å². The zero-order valence-corrected chi connectivity index (χ0v) is 21.6. The van der Waals surface area contributed by atoms with Crippen molar-refractivity contribution in [3.8, 4) is 0 Å². The Hall–Kier alpha value is -0.900. The van der Waals surface area contributed by atoms with Crippen molar-refractivity contribution in [3.05, 3.63) is 35.9 Å². The Morgan fingerprint density at radius 2 is 1.87 bits per heavy atom. The van der Waals surface area contributed by atoms with Crippen molar-refractivity contribution in [2.75, 3.05) is 33.4 Å². The Kier molecular flexibility index (Phi) is 8.27. The van der Waals surface area contributed by atoms with Gasteiger partial charge in [-0.2, -0.15) is 0 Å². The Balaban J connectivity index is 0.00000272. The average molecular weight is 543 g/mol. The molecule has 2 heterocycles. The van der Waals surface area contributed by atoms with Crippen LogP contribution in [0.15, 0.2) is 35.3 Å². The largest absolute Gasteiger partial charge is 0.381 e. The third kappa shape index (κ3) is 5.20. The SMILES string of the molecule is CN=C(NCC1(NC(C)c2ccccc2)CCOCC1)NC1C2CCOC2C1(C)C.I. The first kappa shape index (κ1) is 24.7. The van der Waals surface area contributed by atoms with Crippen LogP contribution in [-0.4, -0.2) is 57.1 Å². The maximum atomic E-state index is 5.95. The van der Waals surface area contributed by atoms with Gasteiger partial charge in [-0.25, -0.2) is 0 Å². The molecule has 3 N–H and O–H groups in total. The minimum Gasteiger partial charge on any atom is -0.381 e. The highest BCUT2D eigenvalue weighted by molar-refractivity contribution is 14.0. The van der Waals surface area contributed by atoms with Crippen LogP contribution in [0.2, 0.25) is 0 Å². The van der Waals surface area contributed by atoms with Gasteiger partial charge in [-0.1, -0.05) is 44.2 Å². The second kappa shape index (κ2) is 10.4. The van der Waals surface area contributed by atoms with Gasteiger partial charge in [0.25, 0.3) is 0 Å². The van der Waals surface area contributed by atoms with Crippen LogP contribution in [0, 0.1) is 11.3 Å². The van der Waals surface area contributed by atoms with Gasteiger partial charge in [0.2, 0.25) is 0 Å². The average Bonchev–Trinajstić information content (AvgIpc) is 3.22. The molecule has 3 fully saturated rings. The highest BCUT2D eigenvalue weighted by atomic mass is 127. The first-order valence-electron chi connectivity index (χ1n) is 11.4. The molecule has 7 heteroatoms. The van der Waals surface area contributed by atoms with Crippen molar-refractivity contribution in [2.24, 2.45) is 16.3 Å². The van der Waals surface area contributed by atoms with Crippen molar-refractivity contribution < 1.29 is 9.47 Å². The molecule has 1 aromatic carbocycles. The Bertz CT molecular complexity index is 736. The van der Waals surface area contributed by atoms with Crippen LogP contribution in [0.25, 0.3) is 0 Å². The quantitative estimate of drug-likeness (QED) is 0.292. The van der Waals surface area contributed by atoms with Crippen LogP contribution in [0.5, 0.6) is 0 Å². The lowest BCUT2D eigenvalue weighted by molar-refractivity contribution is -0.106. The third-order valence-corrected chi connectivity index (χ3v) is 7.48. The maximum Gasteiger partial charge on any atom is 0.191 e. The molecule has 4 atom stereocenters. The van der Waals surface area contributed by atoms with E-state index in [1.54, 1.807) is 0 Å². The van der Waals surface area contributed by atoms with Gasteiger partial charge in [-0.3, -0.25) is 4.99 Å². The topological polar surface area (TPSA) is 66.9 Å². The van der Waals surface area contributed by atoms with Gasteiger partial charge in [-0.15, -0.1) is 24.0 Å². The summed E-state index contributed by atoms with van der Waals surface area (Å²) in [5.41, 5.74) is 1.43. The van der Waals surface area contributed by atoms with Crippen molar-refractivity contribution >= 4 is 29.9 Å².